The lowest BCUT2D eigenvalue weighted by Gasteiger charge is -2.21. The smallest absolute Gasteiger partial charge is 0.233 e. The summed E-state index contributed by atoms with van der Waals surface area (Å²) < 4.78 is 15.4. The fourth-order valence-electron chi connectivity index (χ4n) is 2.94. The lowest BCUT2D eigenvalue weighted by atomic mass is 10.2. The predicted molar refractivity (Wildman–Crippen MR) is 114 cm³/mol. The van der Waals surface area contributed by atoms with Crippen LogP contribution in [0.4, 0.5) is 4.39 Å². The van der Waals surface area contributed by atoms with Gasteiger partial charge in [0.05, 0.1) is 5.75 Å². The third-order valence-corrected chi connectivity index (χ3v) is 5.33. The van der Waals surface area contributed by atoms with Crippen LogP contribution in [-0.2, 0) is 17.9 Å². The Labute approximate surface area is 174 Å². The third kappa shape index (κ3) is 5.32. The average molecular weight is 411 g/mol. The molecule has 0 unspecified atom stereocenters. The number of allylic oxidation sites excluding steroid dienone is 1. The van der Waals surface area contributed by atoms with E-state index in [9.17, 15) is 9.18 Å². The van der Waals surface area contributed by atoms with Gasteiger partial charge >= 0.3 is 0 Å². The molecule has 0 saturated heterocycles. The van der Waals surface area contributed by atoms with Gasteiger partial charge in [-0.15, -0.1) is 16.8 Å². The molecular formula is C22H23FN4OS. The molecule has 150 valence electrons. The number of carbonyl (C=O) groups excluding carboxylic acids is 1. The van der Waals surface area contributed by atoms with E-state index >= 15 is 0 Å². The summed E-state index contributed by atoms with van der Waals surface area (Å²) in [7, 11) is 0. The second-order valence-electron chi connectivity index (χ2n) is 6.40. The first-order valence-corrected chi connectivity index (χ1v) is 10.4. The van der Waals surface area contributed by atoms with E-state index < -0.39 is 0 Å². The van der Waals surface area contributed by atoms with Gasteiger partial charge in [-0.25, -0.2) is 4.39 Å². The molecule has 0 bridgehead atoms. The van der Waals surface area contributed by atoms with Crippen LogP contribution < -0.4 is 0 Å². The van der Waals surface area contributed by atoms with Gasteiger partial charge in [0, 0.05) is 25.2 Å². The maximum absolute atomic E-state index is 13.4. The van der Waals surface area contributed by atoms with Crippen molar-refractivity contribution in [2.75, 3.05) is 12.3 Å². The van der Waals surface area contributed by atoms with Crippen molar-refractivity contribution in [3.05, 3.63) is 78.6 Å². The fourth-order valence-corrected chi connectivity index (χ4v) is 3.79. The summed E-state index contributed by atoms with van der Waals surface area (Å²) in [5.74, 6) is 0.641. The Morgan fingerprint density at radius 2 is 2.00 bits per heavy atom. The minimum atomic E-state index is -0.300. The molecule has 2 aromatic carbocycles. The summed E-state index contributed by atoms with van der Waals surface area (Å²) in [6, 6.07) is 16.1. The minimum Gasteiger partial charge on any atom is -0.338 e. The van der Waals surface area contributed by atoms with Gasteiger partial charge in [-0.05, 0) is 24.6 Å². The van der Waals surface area contributed by atoms with Crippen molar-refractivity contribution < 1.29 is 9.18 Å². The zero-order valence-electron chi connectivity index (χ0n) is 16.3. The number of carbonyl (C=O) groups is 1. The van der Waals surface area contributed by atoms with Crippen molar-refractivity contribution in [2.45, 2.75) is 25.2 Å². The number of amides is 1. The van der Waals surface area contributed by atoms with E-state index in [0.29, 0.717) is 24.8 Å². The molecule has 1 heterocycles. The van der Waals surface area contributed by atoms with E-state index in [2.05, 4.69) is 16.8 Å². The molecule has 7 heteroatoms. The highest BCUT2D eigenvalue weighted by Gasteiger charge is 2.17. The molecule has 0 spiro atoms. The Bertz CT molecular complexity index is 974. The van der Waals surface area contributed by atoms with E-state index in [0.717, 1.165) is 17.0 Å². The van der Waals surface area contributed by atoms with E-state index in [-0.39, 0.29) is 17.5 Å². The number of nitrogens with zero attached hydrogens (tertiary/aromatic N) is 4. The SMILES string of the molecule is C=CCn1c(SCC(=O)N(CC)Cc2cccc(F)c2)nnc1-c1ccccc1. The molecule has 1 aromatic heterocycles. The van der Waals surface area contributed by atoms with Crippen molar-refractivity contribution in [2.24, 2.45) is 0 Å². The zero-order valence-corrected chi connectivity index (χ0v) is 17.1. The normalized spacial score (nSPS) is 10.7. The van der Waals surface area contributed by atoms with Gasteiger partial charge in [-0.2, -0.15) is 0 Å². The van der Waals surface area contributed by atoms with Crippen LogP contribution >= 0.6 is 11.8 Å². The topological polar surface area (TPSA) is 51.0 Å². The molecule has 0 fully saturated rings. The van der Waals surface area contributed by atoms with Crippen LogP contribution in [0, 0.1) is 5.82 Å². The molecule has 0 radical (unpaired) electrons. The van der Waals surface area contributed by atoms with Crippen molar-refractivity contribution in [3.8, 4) is 11.4 Å². The third-order valence-electron chi connectivity index (χ3n) is 4.38. The van der Waals surface area contributed by atoms with Crippen LogP contribution in [0.15, 0.2) is 72.4 Å². The Morgan fingerprint density at radius 1 is 1.21 bits per heavy atom. The Hall–Kier alpha value is -2.93. The highest BCUT2D eigenvalue weighted by atomic mass is 32.2. The Balaban J connectivity index is 1.70. The van der Waals surface area contributed by atoms with Gasteiger partial charge in [0.2, 0.25) is 5.91 Å². The van der Waals surface area contributed by atoms with E-state index in [1.165, 1.54) is 23.9 Å². The Kier molecular flexibility index (Phi) is 7.19. The number of thioether (sulfide) groups is 1. The molecule has 0 aliphatic heterocycles. The first-order valence-electron chi connectivity index (χ1n) is 9.37. The van der Waals surface area contributed by atoms with Gasteiger partial charge in [0.25, 0.3) is 0 Å². The van der Waals surface area contributed by atoms with Gasteiger partial charge < -0.3 is 4.90 Å². The molecule has 29 heavy (non-hydrogen) atoms. The first-order chi connectivity index (χ1) is 14.1. The van der Waals surface area contributed by atoms with Crippen LogP contribution in [0.3, 0.4) is 0 Å². The second kappa shape index (κ2) is 10.0. The molecule has 1 amide bonds. The van der Waals surface area contributed by atoms with Gasteiger partial charge in [0.1, 0.15) is 5.82 Å². The largest absolute Gasteiger partial charge is 0.338 e. The van der Waals surface area contributed by atoms with E-state index in [1.807, 2.05) is 47.9 Å². The van der Waals surface area contributed by atoms with Crippen LogP contribution in [0.1, 0.15) is 12.5 Å². The molecule has 3 rings (SSSR count). The van der Waals surface area contributed by atoms with Crippen LogP contribution in [0.5, 0.6) is 0 Å². The minimum absolute atomic E-state index is 0.0313. The maximum atomic E-state index is 13.4. The lowest BCUT2D eigenvalue weighted by molar-refractivity contribution is -0.128. The Morgan fingerprint density at radius 3 is 2.69 bits per heavy atom. The molecule has 0 aliphatic carbocycles. The molecular weight excluding hydrogens is 387 g/mol. The van der Waals surface area contributed by atoms with Crippen LogP contribution in [0.2, 0.25) is 0 Å². The standard InChI is InChI=1S/C22H23FN4OS/c1-3-13-27-21(18-10-6-5-7-11-18)24-25-22(27)29-16-20(28)26(4-2)15-17-9-8-12-19(23)14-17/h3,5-12,14H,1,4,13,15-16H2,2H3. The van der Waals surface area contributed by atoms with Gasteiger partial charge in [-0.3, -0.25) is 9.36 Å². The summed E-state index contributed by atoms with van der Waals surface area (Å²) in [5, 5.41) is 9.24. The molecule has 5 nitrogen and oxygen atoms in total. The van der Waals surface area contributed by atoms with E-state index in [4.69, 9.17) is 0 Å². The number of rotatable bonds is 9. The molecule has 0 N–H and O–H groups in total. The summed E-state index contributed by atoms with van der Waals surface area (Å²) in [5.41, 5.74) is 1.73. The molecule has 3 aromatic rings. The molecule has 0 saturated carbocycles. The summed E-state index contributed by atoms with van der Waals surface area (Å²) in [4.78, 5) is 14.4. The van der Waals surface area contributed by atoms with Crippen molar-refractivity contribution in [3.63, 3.8) is 0 Å². The number of aromatic nitrogens is 3. The van der Waals surface area contributed by atoms with Crippen LogP contribution in [-0.4, -0.2) is 37.9 Å². The monoisotopic (exact) mass is 410 g/mol. The van der Waals surface area contributed by atoms with E-state index in [1.54, 1.807) is 17.0 Å². The maximum Gasteiger partial charge on any atom is 0.233 e. The second-order valence-corrected chi connectivity index (χ2v) is 7.34. The predicted octanol–water partition coefficient (Wildman–Crippen LogP) is 4.41. The number of benzene rings is 2. The molecule has 0 aliphatic rings. The van der Waals surface area contributed by atoms with Crippen molar-refractivity contribution >= 4 is 17.7 Å². The quantitative estimate of drug-likeness (QED) is 0.387. The number of hydrogen-bond acceptors (Lipinski definition) is 4. The number of halogens is 1. The summed E-state index contributed by atoms with van der Waals surface area (Å²) in [6.07, 6.45) is 1.78. The first kappa shape index (κ1) is 20.8. The zero-order chi connectivity index (χ0) is 20.6. The van der Waals surface area contributed by atoms with Crippen LogP contribution in [0.25, 0.3) is 11.4 Å². The van der Waals surface area contributed by atoms with Crippen molar-refractivity contribution in [1.82, 2.24) is 19.7 Å². The highest BCUT2D eigenvalue weighted by molar-refractivity contribution is 7.99. The molecule has 0 atom stereocenters. The van der Waals surface area contributed by atoms with Gasteiger partial charge in [0.15, 0.2) is 11.0 Å². The summed E-state index contributed by atoms with van der Waals surface area (Å²) >= 11 is 1.34. The average Bonchev–Trinajstić information content (AvgIpc) is 3.14. The number of hydrogen-bond donors (Lipinski definition) is 0. The van der Waals surface area contributed by atoms with Gasteiger partial charge in [-0.1, -0.05) is 60.3 Å². The highest BCUT2D eigenvalue weighted by Crippen LogP contribution is 2.24. The van der Waals surface area contributed by atoms with Crippen molar-refractivity contribution in [1.29, 1.82) is 0 Å². The summed E-state index contributed by atoms with van der Waals surface area (Å²) in [6.45, 7) is 7.20. The fraction of sp³-hybridized carbons (Fsp3) is 0.227. The lowest BCUT2D eigenvalue weighted by Crippen LogP contribution is -2.31.